The number of urea groups is 1. The highest BCUT2D eigenvalue weighted by Gasteiger charge is 2.40. The largest absolute Gasteiger partial charge is 0.329 e. The quantitative estimate of drug-likeness (QED) is 0.607. The molecule has 27 heavy (non-hydrogen) atoms. The Morgan fingerprint density at radius 1 is 1.22 bits per heavy atom. The van der Waals surface area contributed by atoms with Crippen LogP contribution in [0, 0.1) is 17.9 Å². The molecule has 2 aromatic carbocycles. The van der Waals surface area contributed by atoms with Crippen molar-refractivity contribution >= 4 is 45.5 Å². The lowest BCUT2D eigenvalue weighted by molar-refractivity contribution is 0.255. The van der Waals surface area contributed by atoms with Gasteiger partial charge in [-0.1, -0.05) is 48.0 Å². The number of amides is 2. The second-order valence-corrected chi connectivity index (χ2v) is 6.47. The van der Waals surface area contributed by atoms with Gasteiger partial charge in [0, 0.05) is 22.0 Å². The Balaban J connectivity index is 1.84. The van der Waals surface area contributed by atoms with Gasteiger partial charge in [-0.25, -0.2) is 9.64 Å². The minimum Gasteiger partial charge on any atom is -0.300 e. The molecule has 0 radical (unpaired) electrons. The summed E-state index contributed by atoms with van der Waals surface area (Å²) >= 11 is 6.07. The van der Waals surface area contributed by atoms with Crippen molar-refractivity contribution in [3.8, 4) is 6.07 Å². The number of nitriles is 1. The minimum atomic E-state index is -0.706. The van der Waals surface area contributed by atoms with Crippen molar-refractivity contribution in [2.75, 3.05) is 16.3 Å². The smallest absolute Gasteiger partial charge is 0.300 e. The van der Waals surface area contributed by atoms with Gasteiger partial charge in [0.15, 0.2) is 0 Å². The van der Waals surface area contributed by atoms with E-state index in [0.29, 0.717) is 22.1 Å². The summed E-state index contributed by atoms with van der Waals surface area (Å²) in [7, 11) is 0. The van der Waals surface area contributed by atoms with Crippen LogP contribution < -0.4 is 9.80 Å². The van der Waals surface area contributed by atoms with Crippen molar-refractivity contribution in [1.29, 1.82) is 5.26 Å². The molecule has 0 aliphatic carbocycles. The molecule has 0 bridgehead atoms. The van der Waals surface area contributed by atoms with Gasteiger partial charge in [-0.05, 0) is 6.07 Å². The number of aromatic nitrogens is 1. The van der Waals surface area contributed by atoms with Crippen LogP contribution in [0.4, 0.5) is 21.9 Å². The van der Waals surface area contributed by atoms with Gasteiger partial charge in [0.05, 0.1) is 36.8 Å². The maximum atomic E-state index is 13.2. The summed E-state index contributed by atoms with van der Waals surface area (Å²) < 4.78 is 0. The van der Waals surface area contributed by atoms with Crippen LogP contribution in [-0.2, 0) is 0 Å². The van der Waals surface area contributed by atoms with Crippen LogP contribution in [0.25, 0.3) is 15.6 Å². The van der Waals surface area contributed by atoms with E-state index in [2.05, 4.69) is 15.9 Å². The summed E-state index contributed by atoms with van der Waals surface area (Å²) in [5, 5.41) is 11.8. The number of fused-ring (bicyclic) bond motifs is 1. The van der Waals surface area contributed by atoms with E-state index in [1.165, 1.54) is 9.80 Å². The van der Waals surface area contributed by atoms with Gasteiger partial charge in [0.2, 0.25) is 5.69 Å². The topological polar surface area (TPSA) is 64.6 Å². The molecular weight excluding hydrogens is 362 g/mol. The fourth-order valence-electron chi connectivity index (χ4n) is 3.27. The summed E-state index contributed by atoms with van der Waals surface area (Å²) in [5.41, 5.74) is 1.28. The maximum Gasteiger partial charge on any atom is 0.329 e. The first-order chi connectivity index (χ1) is 13.1. The van der Waals surface area contributed by atoms with Crippen LogP contribution in [0.15, 0.2) is 54.9 Å². The highest BCUT2D eigenvalue weighted by Crippen LogP contribution is 2.38. The summed E-state index contributed by atoms with van der Waals surface area (Å²) in [6, 6.07) is 13.4. The van der Waals surface area contributed by atoms with Gasteiger partial charge >= 0.3 is 6.03 Å². The van der Waals surface area contributed by atoms with Gasteiger partial charge in [-0.3, -0.25) is 9.88 Å². The van der Waals surface area contributed by atoms with Crippen molar-refractivity contribution in [3.05, 3.63) is 71.3 Å². The Kier molecular flexibility index (Phi) is 4.12. The van der Waals surface area contributed by atoms with Crippen LogP contribution in [0.2, 0.25) is 5.02 Å². The minimum absolute atomic E-state index is 0.140. The fraction of sp³-hybridized carbons (Fsp3) is 0.100. The number of carbonyl (C=O) groups excluding carboxylic acids is 1. The van der Waals surface area contributed by atoms with Crippen LogP contribution in [0.1, 0.15) is 0 Å². The molecule has 1 aromatic heterocycles. The third-order valence-corrected chi connectivity index (χ3v) is 4.74. The van der Waals surface area contributed by atoms with E-state index in [4.69, 9.17) is 18.2 Å². The average Bonchev–Trinajstić information content (AvgIpc) is 3.03. The summed E-state index contributed by atoms with van der Waals surface area (Å²) in [6.07, 6.45) is 3.30. The SMILES string of the molecule is [C-]#[N+]c1ccc(Cl)cc1N1C[C@H](C#N)N(c2cncc3ccccc23)C1=O. The number of pyridine rings is 1. The first-order valence-corrected chi connectivity index (χ1v) is 8.52. The van der Waals surface area contributed by atoms with Crippen molar-refractivity contribution in [2.45, 2.75) is 6.04 Å². The molecule has 1 saturated heterocycles. The van der Waals surface area contributed by atoms with Crippen LogP contribution in [0.5, 0.6) is 0 Å². The highest BCUT2D eigenvalue weighted by molar-refractivity contribution is 6.31. The maximum absolute atomic E-state index is 13.2. The Labute approximate surface area is 160 Å². The summed E-state index contributed by atoms with van der Waals surface area (Å²) in [5.74, 6) is 0. The van der Waals surface area contributed by atoms with Crippen LogP contribution in [-0.4, -0.2) is 23.6 Å². The van der Waals surface area contributed by atoms with E-state index in [0.717, 1.165) is 10.8 Å². The normalized spacial score (nSPS) is 16.4. The molecule has 1 aliphatic heterocycles. The second-order valence-electron chi connectivity index (χ2n) is 6.03. The van der Waals surface area contributed by atoms with Crippen LogP contribution >= 0.6 is 11.6 Å². The Morgan fingerprint density at radius 2 is 2.04 bits per heavy atom. The lowest BCUT2D eigenvalue weighted by atomic mass is 10.1. The lowest BCUT2D eigenvalue weighted by Gasteiger charge is -2.21. The van der Waals surface area contributed by atoms with Gasteiger partial charge < -0.3 is 4.90 Å². The van der Waals surface area contributed by atoms with Gasteiger partial charge in [0.1, 0.15) is 6.04 Å². The number of carbonyl (C=O) groups is 1. The molecule has 130 valence electrons. The molecule has 6 nitrogen and oxygen atoms in total. The number of halogens is 1. The van der Waals surface area contributed by atoms with Crippen molar-refractivity contribution in [3.63, 3.8) is 0 Å². The number of anilines is 2. The number of hydrogen-bond donors (Lipinski definition) is 0. The standard InChI is InChI=1S/C20H12ClN5O/c1-23-17-7-6-14(21)8-18(17)25-12-15(9-22)26(20(25)27)19-11-24-10-13-4-2-3-5-16(13)19/h2-8,10-11,15H,12H2/t15-/m0/s1. The molecule has 2 heterocycles. The molecular formula is C20H12ClN5O. The zero-order valence-corrected chi connectivity index (χ0v) is 14.8. The van der Waals surface area contributed by atoms with E-state index < -0.39 is 6.04 Å². The van der Waals surface area contributed by atoms with E-state index >= 15 is 0 Å². The summed E-state index contributed by atoms with van der Waals surface area (Å²) in [6.45, 7) is 7.50. The molecule has 1 atom stereocenters. The molecule has 2 amide bonds. The van der Waals surface area contributed by atoms with Gasteiger partial charge in [-0.2, -0.15) is 5.26 Å². The Hall–Kier alpha value is -3.61. The number of benzene rings is 2. The molecule has 1 fully saturated rings. The molecule has 3 aromatic rings. The highest BCUT2D eigenvalue weighted by atomic mass is 35.5. The molecule has 7 heteroatoms. The monoisotopic (exact) mass is 373 g/mol. The van der Waals surface area contributed by atoms with E-state index in [-0.39, 0.29) is 12.6 Å². The van der Waals surface area contributed by atoms with E-state index in [1.807, 2.05) is 24.3 Å². The number of nitrogens with zero attached hydrogens (tertiary/aromatic N) is 5. The molecule has 0 unspecified atom stereocenters. The molecule has 0 N–H and O–H groups in total. The second kappa shape index (κ2) is 6.60. The molecule has 4 rings (SSSR count). The first-order valence-electron chi connectivity index (χ1n) is 8.14. The van der Waals surface area contributed by atoms with Crippen molar-refractivity contribution in [2.24, 2.45) is 0 Å². The third-order valence-electron chi connectivity index (χ3n) is 4.51. The third kappa shape index (κ3) is 2.73. The van der Waals surface area contributed by atoms with Crippen LogP contribution in [0.3, 0.4) is 0 Å². The predicted octanol–water partition coefficient (Wildman–Crippen LogP) is 4.78. The number of rotatable bonds is 2. The predicted molar refractivity (Wildman–Crippen MR) is 104 cm³/mol. The van der Waals surface area contributed by atoms with Gasteiger partial charge in [-0.15, -0.1) is 0 Å². The van der Waals surface area contributed by atoms with E-state index in [1.54, 1.807) is 30.6 Å². The van der Waals surface area contributed by atoms with Crippen molar-refractivity contribution in [1.82, 2.24) is 4.98 Å². The molecule has 1 aliphatic rings. The molecule has 0 saturated carbocycles. The average molecular weight is 374 g/mol. The first kappa shape index (κ1) is 16.8. The van der Waals surface area contributed by atoms with Crippen molar-refractivity contribution < 1.29 is 4.79 Å². The Morgan fingerprint density at radius 3 is 2.81 bits per heavy atom. The zero-order chi connectivity index (χ0) is 19.0. The number of hydrogen-bond acceptors (Lipinski definition) is 3. The Bertz CT molecular complexity index is 1140. The van der Waals surface area contributed by atoms with E-state index in [9.17, 15) is 10.1 Å². The fourth-order valence-corrected chi connectivity index (χ4v) is 3.43. The van der Waals surface area contributed by atoms with Gasteiger partial charge in [0.25, 0.3) is 0 Å². The summed E-state index contributed by atoms with van der Waals surface area (Å²) in [4.78, 5) is 23.8. The zero-order valence-electron chi connectivity index (χ0n) is 14.0. The lowest BCUT2D eigenvalue weighted by Crippen LogP contribution is -2.34. The molecule has 0 spiro atoms.